The smallest absolute Gasteiger partial charge is 0.288 e. The highest BCUT2D eigenvalue weighted by atomic mass is 79.9. The maximum absolute atomic E-state index is 13.3. The van der Waals surface area contributed by atoms with Gasteiger partial charge >= 0.3 is 6.18 Å². The summed E-state index contributed by atoms with van der Waals surface area (Å²) >= 11 is 4.29. The molecule has 0 spiro atoms. The molecular weight excluding hydrogens is 348 g/mol. The number of carbonyl (C=O) groups is 1. The van der Waals surface area contributed by atoms with E-state index in [1.165, 1.54) is 6.07 Å². The molecule has 2 rings (SSSR count). The van der Waals surface area contributed by atoms with Gasteiger partial charge in [0.1, 0.15) is 5.82 Å². The van der Waals surface area contributed by atoms with Crippen molar-refractivity contribution in [1.29, 1.82) is 0 Å². The summed E-state index contributed by atoms with van der Waals surface area (Å²) < 4.78 is 51.2. The van der Waals surface area contributed by atoms with Gasteiger partial charge in [-0.05, 0) is 34.1 Å². The zero-order valence-electron chi connectivity index (χ0n) is 9.09. The molecule has 0 radical (unpaired) electrons. The minimum atomic E-state index is -4.77. The molecule has 1 aromatic heterocycles. The van der Waals surface area contributed by atoms with Gasteiger partial charge in [-0.2, -0.15) is 13.2 Å². The van der Waals surface area contributed by atoms with Crippen LogP contribution in [0, 0.1) is 5.82 Å². The Kier molecular flexibility index (Phi) is 3.78. The monoisotopic (exact) mass is 352 g/mol. The highest BCUT2D eigenvalue weighted by Crippen LogP contribution is 2.32. The summed E-state index contributed by atoms with van der Waals surface area (Å²) in [7, 11) is 0. The molecule has 0 aliphatic heterocycles. The van der Waals surface area contributed by atoms with E-state index in [0.29, 0.717) is 21.5 Å². The van der Waals surface area contributed by atoms with Crippen molar-refractivity contribution in [2.24, 2.45) is 0 Å². The van der Waals surface area contributed by atoms with Gasteiger partial charge in [0, 0.05) is 15.4 Å². The van der Waals surface area contributed by atoms with Crippen molar-refractivity contribution in [2.75, 3.05) is 0 Å². The first-order valence-electron chi connectivity index (χ1n) is 4.94. The topological polar surface area (TPSA) is 17.1 Å². The molecule has 100 valence electrons. The SMILES string of the molecule is O=C(c1ccc(C(F)(F)F)c(F)c1)c1cc(Br)cs1. The summed E-state index contributed by atoms with van der Waals surface area (Å²) in [6.07, 6.45) is -4.77. The van der Waals surface area contributed by atoms with Gasteiger partial charge in [0.15, 0.2) is 0 Å². The summed E-state index contributed by atoms with van der Waals surface area (Å²) in [6, 6.07) is 3.69. The fraction of sp³-hybridized carbons (Fsp3) is 0.0833. The predicted molar refractivity (Wildman–Crippen MR) is 66.9 cm³/mol. The number of hydrogen-bond acceptors (Lipinski definition) is 2. The lowest BCUT2D eigenvalue weighted by Crippen LogP contribution is -2.09. The zero-order chi connectivity index (χ0) is 14.2. The summed E-state index contributed by atoms with van der Waals surface area (Å²) in [6.45, 7) is 0. The second-order valence-electron chi connectivity index (χ2n) is 3.65. The molecule has 0 aliphatic carbocycles. The fourth-order valence-corrected chi connectivity index (χ4v) is 2.85. The van der Waals surface area contributed by atoms with Crippen LogP contribution < -0.4 is 0 Å². The Balaban J connectivity index is 2.38. The van der Waals surface area contributed by atoms with Gasteiger partial charge in [0.25, 0.3) is 0 Å². The molecule has 0 bridgehead atoms. The van der Waals surface area contributed by atoms with Crippen LogP contribution in [-0.4, -0.2) is 5.78 Å². The van der Waals surface area contributed by atoms with E-state index in [1.807, 2.05) is 0 Å². The average Bonchev–Trinajstić information content (AvgIpc) is 2.73. The summed E-state index contributed by atoms with van der Waals surface area (Å²) in [5.41, 5.74) is -1.49. The lowest BCUT2D eigenvalue weighted by atomic mass is 10.1. The molecule has 1 heterocycles. The van der Waals surface area contributed by atoms with E-state index in [9.17, 15) is 22.4 Å². The third-order valence-electron chi connectivity index (χ3n) is 2.33. The third kappa shape index (κ3) is 3.03. The van der Waals surface area contributed by atoms with E-state index in [-0.39, 0.29) is 5.56 Å². The number of thiophene rings is 1. The maximum atomic E-state index is 13.3. The van der Waals surface area contributed by atoms with Gasteiger partial charge in [-0.1, -0.05) is 6.07 Å². The van der Waals surface area contributed by atoms with Crippen molar-refractivity contribution in [2.45, 2.75) is 6.18 Å². The zero-order valence-corrected chi connectivity index (χ0v) is 11.5. The van der Waals surface area contributed by atoms with E-state index in [1.54, 1.807) is 5.38 Å². The summed E-state index contributed by atoms with van der Waals surface area (Å²) in [5.74, 6) is -1.96. The van der Waals surface area contributed by atoms with Crippen LogP contribution in [0.2, 0.25) is 0 Å². The third-order valence-corrected chi connectivity index (χ3v) is 4.02. The van der Waals surface area contributed by atoms with Gasteiger partial charge in [0.2, 0.25) is 5.78 Å². The molecule has 0 saturated heterocycles. The predicted octanol–water partition coefficient (Wildman–Crippen LogP) is 4.90. The Morgan fingerprint density at radius 2 is 1.89 bits per heavy atom. The number of halogens is 5. The van der Waals surface area contributed by atoms with E-state index in [2.05, 4.69) is 15.9 Å². The molecule has 0 amide bonds. The molecule has 0 atom stereocenters. The molecule has 1 nitrogen and oxygen atoms in total. The van der Waals surface area contributed by atoms with Gasteiger partial charge < -0.3 is 0 Å². The van der Waals surface area contributed by atoms with Crippen molar-refractivity contribution in [3.05, 3.63) is 55.9 Å². The highest BCUT2D eigenvalue weighted by molar-refractivity contribution is 9.10. The van der Waals surface area contributed by atoms with E-state index >= 15 is 0 Å². The van der Waals surface area contributed by atoms with Crippen molar-refractivity contribution < 1.29 is 22.4 Å². The summed E-state index contributed by atoms with van der Waals surface area (Å²) in [5, 5.41) is 1.66. The number of alkyl halides is 3. The van der Waals surface area contributed by atoms with Crippen LogP contribution in [0.5, 0.6) is 0 Å². The number of rotatable bonds is 2. The lowest BCUT2D eigenvalue weighted by Gasteiger charge is -2.08. The first-order chi connectivity index (χ1) is 8.79. The van der Waals surface area contributed by atoms with Crippen molar-refractivity contribution in [3.63, 3.8) is 0 Å². The van der Waals surface area contributed by atoms with Gasteiger partial charge in [-0.25, -0.2) is 4.39 Å². The Labute approximate surface area is 118 Å². The largest absolute Gasteiger partial charge is 0.419 e. The highest BCUT2D eigenvalue weighted by Gasteiger charge is 2.34. The van der Waals surface area contributed by atoms with Gasteiger partial charge in [0.05, 0.1) is 10.4 Å². The molecule has 0 aliphatic rings. The number of ketones is 1. The molecular formula is C12H5BrF4OS. The Hall–Kier alpha value is -1.21. The molecule has 1 aromatic carbocycles. The normalized spacial score (nSPS) is 11.6. The Bertz CT molecular complexity index is 633. The lowest BCUT2D eigenvalue weighted by molar-refractivity contribution is -0.140. The Morgan fingerprint density at radius 1 is 1.21 bits per heavy atom. The van der Waals surface area contributed by atoms with Crippen LogP contribution in [0.25, 0.3) is 0 Å². The minimum absolute atomic E-state index is 0.111. The van der Waals surface area contributed by atoms with Crippen LogP contribution >= 0.6 is 27.3 Å². The van der Waals surface area contributed by atoms with Crippen molar-refractivity contribution in [3.8, 4) is 0 Å². The summed E-state index contributed by atoms with van der Waals surface area (Å²) in [4.78, 5) is 12.2. The molecule has 0 unspecified atom stereocenters. The van der Waals surface area contributed by atoms with E-state index in [4.69, 9.17) is 0 Å². The molecule has 0 saturated carbocycles. The van der Waals surface area contributed by atoms with Gasteiger partial charge in [-0.3, -0.25) is 4.79 Å². The van der Waals surface area contributed by atoms with Gasteiger partial charge in [-0.15, -0.1) is 11.3 Å². The second kappa shape index (κ2) is 5.05. The number of hydrogen-bond donors (Lipinski definition) is 0. The van der Waals surface area contributed by atoms with Crippen LogP contribution in [-0.2, 0) is 6.18 Å². The van der Waals surface area contributed by atoms with Crippen LogP contribution in [0.1, 0.15) is 20.8 Å². The quantitative estimate of drug-likeness (QED) is 0.555. The van der Waals surface area contributed by atoms with Crippen molar-refractivity contribution in [1.82, 2.24) is 0 Å². The second-order valence-corrected chi connectivity index (χ2v) is 5.48. The van der Waals surface area contributed by atoms with Crippen LogP contribution in [0.15, 0.2) is 34.1 Å². The molecule has 19 heavy (non-hydrogen) atoms. The standard InChI is InChI=1S/C12H5BrF4OS/c13-7-4-10(19-5-7)11(18)6-1-2-8(9(14)3-6)12(15,16)17/h1-5H. The van der Waals surface area contributed by atoms with Crippen molar-refractivity contribution >= 4 is 33.0 Å². The van der Waals surface area contributed by atoms with Crippen LogP contribution in [0.4, 0.5) is 17.6 Å². The number of benzene rings is 1. The number of carbonyl (C=O) groups excluding carboxylic acids is 1. The first kappa shape index (κ1) is 14.2. The molecule has 0 fully saturated rings. The average molecular weight is 353 g/mol. The minimum Gasteiger partial charge on any atom is -0.288 e. The molecule has 7 heteroatoms. The fourth-order valence-electron chi connectivity index (χ4n) is 1.46. The maximum Gasteiger partial charge on any atom is 0.419 e. The van der Waals surface area contributed by atoms with E-state index < -0.39 is 23.3 Å². The Morgan fingerprint density at radius 3 is 2.37 bits per heavy atom. The van der Waals surface area contributed by atoms with E-state index in [0.717, 1.165) is 17.4 Å². The molecule has 0 N–H and O–H groups in total. The first-order valence-corrected chi connectivity index (χ1v) is 6.62. The van der Waals surface area contributed by atoms with Crippen LogP contribution in [0.3, 0.4) is 0 Å². The molecule has 2 aromatic rings.